The van der Waals surface area contributed by atoms with E-state index in [9.17, 15) is 4.79 Å². The van der Waals surface area contributed by atoms with E-state index in [1.54, 1.807) is 11.8 Å². The second kappa shape index (κ2) is 6.77. The number of hydrogen-bond acceptors (Lipinski definition) is 4. The number of furan rings is 1. The van der Waals surface area contributed by atoms with Crippen LogP contribution in [0.5, 0.6) is 0 Å². The lowest BCUT2D eigenvalue weighted by Crippen LogP contribution is -2.25. The zero-order valence-electron chi connectivity index (χ0n) is 12.1. The number of Topliss-reactive ketones (excluding diaryl/α,β-unsaturated/α-hetero) is 1. The summed E-state index contributed by atoms with van der Waals surface area (Å²) in [5.41, 5.74) is 0.755. The number of hydrogen-bond donors (Lipinski definition) is 0. The van der Waals surface area contributed by atoms with Crippen LogP contribution in [0.25, 0.3) is 0 Å². The van der Waals surface area contributed by atoms with Crippen molar-refractivity contribution in [3.63, 3.8) is 0 Å². The summed E-state index contributed by atoms with van der Waals surface area (Å²) in [5.74, 6) is 1.91. The fraction of sp³-hybridized carbons (Fsp3) is 0.312. The van der Waals surface area contributed by atoms with Gasteiger partial charge in [-0.1, -0.05) is 12.1 Å². The van der Waals surface area contributed by atoms with Crippen molar-refractivity contribution >= 4 is 17.5 Å². The standard InChI is InChI=1S/C16H19NO2S/c1-12-4-7-14(19-12)10-17(2)11-16(18)13-5-8-15(20-3)9-6-13/h4-9H,10-11H2,1-3H3. The van der Waals surface area contributed by atoms with E-state index in [1.807, 2.05) is 61.5 Å². The minimum atomic E-state index is 0.128. The van der Waals surface area contributed by atoms with E-state index >= 15 is 0 Å². The summed E-state index contributed by atoms with van der Waals surface area (Å²) in [7, 11) is 1.92. The maximum Gasteiger partial charge on any atom is 0.176 e. The quantitative estimate of drug-likeness (QED) is 0.600. The van der Waals surface area contributed by atoms with Crippen LogP contribution in [0.1, 0.15) is 21.9 Å². The number of carbonyl (C=O) groups excluding carboxylic acids is 1. The van der Waals surface area contributed by atoms with Gasteiger partial charge in [0.2, 0.25) is 0 Å². The molecule has 0 spiro atoms. The average Bonchev–Trinajstić information content (AvgIpc) is 2.84. The number of benzene rings is 1. The van der Waals surface area contributed by atoms with Crippen LogP contribution < -0.4 is 0 Å². The highest BCUT2D eigenvalue weighted by atomic mass is 32.2. The Balaban J connectivity index is 1.92. The fourth-order valence-electron chi connectivity index (χ4n) is 2.01. The molecular formula is C16H19NO2S. The summed E-state index contributed by atoms with van der Waals surface area (Å²) in [6.07, 6.45) is 2.02. The van der Waals surface area contributed by atoms with E-state index in [2.05, 4.69) is 0 Å². The molecule has 0 N–H and O–H groups in total. The third kappa shape index (κ3) is 3.99. The van der Waals surface area contributed by atoms with Gasteiger partial charge in [0.15, 0.2) is 5.78 Å². The Bertz CT molecular complexity index is 574. The first kappa shape index (κ1) is 14.9. The van der Waals surface area contributed by atoms with Gasteiger partial charge in [-0.3, -0.25) is 9.69 Å². The van der Waals surface area contributed by atoms with Gasteiger partial charge in [-0.05, 0) is 44.5 Å². The van der Waals surface area contributed by atoms with Gasteiger partial charge in [0, 0.05) is 10.5 Å². The lowest BCUT2D eigenvalue weighted by atomic mass is 10.1. The highest BCUT2D eigenvalue weighted by Gasteiger charge is 2.11. The Labute approximate surface area is 124 Å². The summed E-state index contributed by atoms with van der Waals surface area (Å²) in [6.45, 7) is 2.95. The van der Waals surface area contributed by atoms with Crippen LogP contribution in [0.3, 0.4) is 0 Å². The molecule has 0 fully saturated rings. The van der Waals surface area contributed by atoms with Crippen LogP contribution in [-0.2, 0) is 6.54 Å². The molecule has 0 saturated heterocycles. The van der Waals surface area contributed by atoms with Crippen molar-refractivity contribution in [3.05, 3.63) is 53.5 Å². The highest BCUT2D eigenvalue weighted by molar-refractivity contribution is 7.98. The Morgan fingerprint density at radius 2 is 1.90 bits per heavy atom. The van der Waals surface area contributed by atoms with E-state index in [-0.39, 0.29) is 5.78 Å². The lowest BCUT2D eigenvalue weighted by molar-refractivity contribution is 0.0939. The summed E-state index contributed by atoms with van der Waals surface area (Å²) in [5, 5.41) is 0. The van der Waals surface area contributed by atoms with E-state index in [1.165, 1.54) is 4.90 Å². The van der Waals surface area contributed by atoms with Crippen molar-refractivity contribution in [2.24, 2.45) is 0 Å². The summed E-state index contributed by atoms with van der Waals surface area (Å²) in [6, 6.07) is 11.6. The van der Waals surface area contributed by atoms with Crippen molar-refractivity contribution in [3.8, 4) is 0 Å². The third-order valence-electron chi connectivity index (χ3n) is 3.05. The predicted octanol–water partition coefficient (Wildman–Crippen LogP) is 3.62. The molecule has 0 atom stereocenters. The molecule has 106 valence electrons. The molecule has 2 rings (SSSR count). The van der Waals surface area contributed by atoms with Gasteiger partial charge >= 0.3 is 0 Å². The zero-order chi connectivity index (χ0) is 14.5. The van der Waals surface area contributed by atoms with Gasteiger partial charge in [0.05, 0.1) is 13.1 Å². The molecule has 4 heteroatoms. The van der Waals surface area contributed by atoms with Crippen LogP contribution in [-0.4, -0.2) is 30.5 Å². The minimum absolute atomic E-state index is 0.128. The molecule has 0 unspecified atom stereocenters. The van der Waals surface area contributed by atoms with E-state index in [0.717, 1.165) is 17.1 Å². The summed E-state index contributed by atoms with van der Waals surface area (Å²) >= 11 is 1.67. The molecule has 20 heavy (non-hydrogen) atoms. The van der Waals surface area contributed by atoms with Crippen molar-refractivity contribution < 1.29 is 9.21 Å². The smallest absolute Gasteiger partial charge is 0.176 e. The largest absolute Gasteiger partial charge is 0.465 e. The number of thioether (sulfide) groups is 1. The number of likely N-dealkylation sites (N-methyl/N-ethyl adjacent to an activating group) is 1. The van der Waals surface area contributed by atoms with Gasteiger partial charge in [-0.15, -0.1) is 11.8 Å². The minimum Gasteiger partial charge on any atom is -0.465 e. The maximum absolute atomic E-state index is 12.2. The molecule has 0 radical (unpaired) electrons. The molecular weight excluding hydrogens is 270 g/mol. The van der Waals surface area contributed by atoms with Gasteiger partial charge in [0.1, 0.15) is 11.5 Å². The molecule has 1 aromatic heterocycles. The summed E-state index contributed by atoms with van der Waals surface area (Å²) in [4.78, 5) is 15.3. The normalized spacial score (nSPS) is 11.0. The monoisotopic (exact) mass is 289 g/mol. The number of nitrogens with zero attached hydrogens (tertiary/aromatic N) is 1. The molecule has 1 aromatic carbocycles. The maximum atomic E-state index is 12.2. The third-order valence-corrected chi connectivity index (χ3v) is 3.79. The van der Waals surface area contributed by atoms with Crippen LogP contribution in [0.4, 0.5) is 0 Å². The van der Waals surface area contributed by atoms with Crippen molar-refractivity contribution in [2.45, 2.75) is 18.4 Å². The zero-order valence-corrected chi connectivity index (χ0v) is 12.9. The molecule has 3 nitrogen and oxygen atoms in total. The number of aryl methyl sites for hydroxylation is 1. The number of rotatable bonds is 6. The Morgan fingerprint density at radius 3 is 2.45 bits per heavy atom. The molecule has 0 aliphatic heterocycles. The Morgan fingerprint density at radius 1 is 1.20 bits per heavy atom. The Hall–Kier alpha value is -1.52. The first-order chi connectivity index (χ1) is 9.58. The van der Waals surface area contributed by atoms with Crippen LogP contribution >= 0.6 is 11.8 Å². The molecule has 0 saturated carbocycles. The lowest BCUT2D eigenvalue weighted by Gasteiger charge is -2.14. The van der Waals surface area contributed by atoms with Crippen molar-refractivity contribution in [1.29, 1.82) is 0 Å². The summed E-state index contributed by atoms with van der Waals surface area (Å²) < 4.78 is 5.52. The van der Waals surface area contributed by atoms with Crippen molar-refractivity contribution in [2.75, 3.05) is 19.8 Å². The van der Waals surface area contributed by atoms with Crippen LogP contribution in [0.15, 0.2) is 45.7 Å². The predicted molar refractivity (Wildman–Crippen MR) is 82.3 cm³/mol. The first-order valence-corrected chi connectivity index (χ1v) is 7.72. The molecule has 2 aromatic rings. The topological polar surface area (TPSA) is 33.5 Å². The van der Waals surface area contributed by atoms with Gasteiger partial charge in [-0.2, -0.15) is 0 Å². The fourth-order valence-corrected chi connectivity index (χ4v) is 2.41. The first-order valence-electron chi connectivity index (χ1n) is 6.49. The van der Waals surface area contributed by atoms with E-state index < -0.39 is 0 Å². The second-order valence-electron chi connectivity index (χ2n) is 4.84. The van der Waals surface area contributed by atoms with Crippen LogP contribution in [0.2, 0.25) is 0 Å². The molecule has 1 heterocycles. The van der Waals surface area contributed by atoms with E-state index in [4.69, 9.17) is 4.42 Å². The molecule has 0 bridgehead atoms. The molecule has 0 aliphatic rings. The molecule has 0 aliphatic carbocycles. The Kier molecular flexibility index (Phi) is 5.04. The van der Waals surface area contributed by atoms with Gasteiger partial charge < -0.3 is 4.42 Å². The van der Waals surface area contributed by atoms with Crippen molar-refractivity contribution in [1.82, 2.24) is 4.90 Å². The number of carbonyl (C=O) groups is 1. The number of ketones is 1. The average molecular weight is 289 g/mol. The second-order valence-corrected chi connectivity index (χ2v) is 5.72. The van der Waals surface area contributed by atoms with Gasteiger partial charge in [0.25, 0.3) is 0 Å². The van der Waals surface area contributed by atoms with Crippen LogP contribution in [0, 0.1) is 6.92 Å². The van der Waals surface area contributed by atoms with Gasteiger partial charge in [-0.25, -0.2) is 0 Å². The molecule has 0 amide bonds. The highest BCUT2D eigenvalue weighted by Crippen LogP contribution is 2.15. The SMILES string of the molecule is CSc1ccc(C(=O)CN(C)Cc2ccc(C)o2)cc1. The van der Waals surface area contributed by atoms with E-state index in [0.29, 0.717) is 13.1 Å².